The summed E-state index contributed by atoms with van der Waals surface area (Å²) in [6.07, 6.45) is 3.18. The molecular weight excluding hydrogens is 242 g/mol. The maximum absolute atomic E-state index is 11.0. The van der Waals surface area contributed by atoms with Gasteiger partial charge in [-0.15, -0.1) is 10.2 Å². The third kappa shape index (κ3) is 2.01. The van der Waals surface area contributed by atoms with Crippen LogP contribution >= 0.6 is 0 Å². The van der Waals surface area contributed by atoms with Crippen molar-refractivity contribution in [3.8, 4) is 11.4 Å². The lowest BCUT2D eigenvalue weighted by atomic mass is 10.0. The number of benzene rings is 1. The molecule has 2 heterocycles. The first-order chi connectivity index (χ1) is 9.16. The Balaban J connectivity index is 2.10. The average Bonchev–Trinajstić information content (AvgIpc) is 2.84. The summed E-state index contributed by atoms with van der Waals surface area (Å²) < 4.78 is 2.13. The Morgan fingerprint density at radius 1 is 1.42 bits per heavy atom. The van der Waals surface area contributed by atoms with E-state index in [9.17, 15) is 4.79 Å². The number of aromatic nitrogens is 3. The standard InChI is InChI=1S/C14H15N3O2/c1-9-4-2-7-12-15-16-13(17(9)12)10-5-3-6-11(8-10)14(18)19/h3,5-6,8-9H,2,4,7H2,1H3,(H,18,19). The summed E-state index contributed by atoms with van der Waals surface area (Å²) in [5, 5.41) is 17.5. The van der Waals surface area contributed by atoms with Crippen LogP contribution in [0.25, 0.3) is 11.4 Å². The molecule has 3 rings (SSSR count). The second-order valence-electron chi connectivity index (χ2n) is 4.94. The average molecular weight is 257 g/mol. The molecule has 0 amide bonds. The van der Waals surface area contributed by atoms with Crippen molar-refractivity contribution in [1.82, 2.24) is 14.8 Å². The molecule has 1 N–H and O–H groups in total. The second-order valence-corrected chi connectivity index (χ2v) is 4.94. The fourth-order valence-electron chi connectivity index (χ4n) is 2.63. The number of rotatable bonds is 2. The summed E-state index contributed by atoms with van der Waals surface area (Å²) in [5.74, 6) is 0.841. The Morgan fingerprint density at radius 3 is 3.05 bits per heavy atom. The molecule has 1 unspecified atom stereocenters. The Hall–Kier alpha value is -2.17. The van der Waals surface area contributed by atoms with Crippen LogP contribution in [0.1, 0.15) is 42.0 Å². The predicted molar refractivity (Wildman–Crippen MR) is 70.1 cm³/mol. The third-order valence-electron chi connectivity index (χ3n) is 3.60. The molecule has 1 atom stereocenters. The lowest BCUT2D eigenvalue weighted by molar-refractivity contribution is 0.0697. The number of aromatic carboxylic acids is 1. The van der Waals surface area contributed by atoms with Crippen LogP contribution in [0.15, 0.2) is 24.3 Å². The molecule has 2 aromatic rings. The molecule has 0 aliphatic carbocycles. The fraction of sp³-hybridized carbons (Fsp3) is 0.357. The lowest BCUT2D eigenvalue weighted by Gasteiger charge is -2.22. The fourth-order valence-corrected chi connectivity index (χ4v) is 2.63. The van der Waals surface area contributed by atoms with Gasteiger partial charge in [-0.05, 0) is 31.9 Å². The Kier molecular flexibility index (Phi) is 2.81. The van der Waals surface area contributed by atoms with Crippen molar-refractivity contribution in [2.45, 2.75) is 32.2 Å². The van der Waals surface area contributed by atoms with Crippen LogP contribution in [0.2, 0.25) is 0 Å². The zero-order valence-electron chi connectivity index (χ0n) is 10.7. The van der Waals surface area contributed by atoms with Crippen molar-refractivity contribution in [2.75, 3.05) is 0 Å². The molecule has 1 aromatic carbocycles. The molecule has 0 bridgehead atoms. The van der Waals surface area contributed by atoms with Crippen molar-refractivity contribution in [3.05, 3.63) is 35.7 Å². The van der Waals surface area contributed by atoms with E-state index in [1.54, 1.807) is 18.2 Å². The van der Waals surface area contributed by atoms with Crippen molar-refractivity contribution in [1.29, 1.82) is 0 Å². The first kappa shape index (κ1) is 11.9. The van der Waals surface area contributed by atoms with Gasteiger partial charge in [0.05, 0.1) is 5.56 Å². The Labute approximate surface area is 110 Å². The molecule has 98 valence electrons. The van der Waals surface area contributed by atoms with Crippen molar-refractivity contribution in [2.24, 2.45) is 0 Å². The molecule has 1 aliphatic rings. The maximum Gasteiger partial charge on any atom is 0.335 e. The Bertz CT molecular complexity index is 633. The smallest absolute Gasteiger partial charge is 0.335 e. The molecule has 0 radical (unpaired) electrons. The normalized spacial score (nSPS) is 18.1. The molecule has 5 nitrogen and oxygen atoms in total. The van der Waals surface area contributed by atoms with Crippen LogP contribution in [-0.4, -0.2) is 25.8 Å². The first-order valence-electron chi connectivity index (χ1n) is 6.44. The van der Waals surface area contributed by atoms with Crippen LogP contribution in [0, 0.1) is 0 Å². The topological polar surface area (TPSA) is 68.0 Å². The van der Waals surface area contributed by atoms with E-state index < -0.39 is 5.97 Å². The SMILES string of the molecule is CC1CCCc2nnc(-c3cccc(C(=O)O)c3)n21. The van der Waals surface area contributed by atoms with Gasteiger partial charge in [0.25, 0.3) is 0 Å². The van der Waals surface area contributed by atoms with Crippen molar-refractivity contribution in [3.63, 3.8) is 0 Å². The highest BCUT2D eigenvalue weighted by atomic mass is 16.4. The van der Waals surface area contributed by atoms with Crippen LogP contribution in [0.5, 0.6) is 0 Å². The predicted octanol–water partition coefficient (Wildman–Crippen LogP) is 2.54. The van der Waals surface area contributed by atoms with Gasteiger partial charge < -0.3 is 9.67 Å². The number of hydrogen-bond donors (Lipinski definition) is 1. The van der Waals surface area contributed by atoms with Crippen LogP contribution in [-0.2, 0) is 6.42 Å². The van der Waals surface area contributed by atoms with Crippen molar-refractivity contribution >= 4 is 5.97 Å². The summed E-state index contributed by atoms with van der Waals surface area (Å²) in [5.41, 5.74) is 1.09. The molecule has 19 heavy (non-hydrogen) atoms. The van der Waals surface area contributed by atoms with E-state index >= 15 is 0 Å². The zero-order valence-corrected chi connectivity index (χ0v) is 10.7. The summed E-state index contributed by atoms with van der Waals surface area (Å²) in [6, 6.07) is 7.23. The largest absolute Gasteiger partial charge is 0.478 e. The van der Waals surface area contributed by atoms with Gasteiger partial charge in [-0.2, -0.15) is 0 Å². The van der Waals surface area contributed by atoms with E-state index in [-0.39, 0.29) is 5.56 Å². The van der Waals surface area contributed by atoms with Crippen LogP contribution in [0.3, 0.4) is 0 Å². The summed E-state index contributed by atoms with van der Waals surface area (Å²) in [6.45, 7) is 2.15. The number of hydrogen-bond acceptors (Lipinski definition) is 3. The molecule has 0 fully saturated rings. The Morgan fingerprint density at radius 2 is 2.26 bits per heavy atom. The summed E-state index contributed by atoms with van der Waals surface area (Å²) in [7, 11) is 0. The molecule has 0 spiro atoms. The number of carbonyl (C=O) groups is 1. The summed E-state index contributed by atoms with van der Waals surface area (Å²) in [4.78, 5) is 11.0. The number of aryl methyl sites for hydroxylation is 1. The van der Waals surface area contributed by atoms with E-state index in [0.717, 1.165) is 36.5 Å². The minimum atomic E-state index is -0.923. The van der Waals surface area contributed by atoms with Gasteiger partial charge in [0, 0.05) is 18.0 Å². The van der Waals surface area contributed by atoms with E-state index in [0.29, 0.717) is 6.04 Å². The monoisotopic (exact) mass is 257 g/mol. The van der Waals surface area contributed by atoms with Gasteiger partial charge in [-0.3, -0.25) is 0 Å². The third-order valence-corrected chi connectivity index (χ3v) is 3.60. The van der Waals surface area contributed by atoms with Gasteiger partial charge in [0.1, 0.15) is 5.82 Å². The number of nitrogens with zero attached hydrogens (tertiary/aromatic N) is 3. The van der Waals surface area contributed by atoms with Crippen molar-refractivity contribution < 1.29 is 9.90 Å². The molecule has 1 aromatic heterocycles. The quantitative estimate of drug-likeness (QED) is 0.897. The van der Waals surface area contributed by atoms with E-state index in [1.807, 2.05) is 6.07 Å². The van der Waals surface area contributed by atoms with E-state index in [4.69, 9.17) is 5.11 Å². The number of carboxylic acids is 1. The van der Waals surface area contributed by atoms with Crippen LogP contribution in [0.4, 0.5) is 0 Å². The second kappa shape index (κ2) is 4.50. The maximum atomic E-state index is 11.0. The number of fused-ring (bicyclic) bond motifs is 1. The molecule has 0 saturated carbocycles. The van der Waals surface area contributed by atoms with Gasteiger partial charge >= 0.3 is 5.97 Å². The molecule has 1 aliphatic heterocycles. The lowest BCUT2D eigenvalue weighted by Crippen LogP contribution is -2.16. The molecule has 0 saturated heterocycles. The highest BCUT2D eigenvalue weighted by molar-refractivity contribution is 5.89. The summed E-state index contributed by atoms with van der Waals surface area (Å²) >= 11 is 0. The zero-order chi connectivity index (χ0) is 13.4. The highest BCUT2D eigenvalue weighted by Gasteiger charge is 2.22. The van der Waals surface area contributed by atoms with Gasteiger partial charge in [-0.25, -0.2) is 4.79 Å². The first-order valence-corrected chi connectivity index (χ1v) is 6.44. The molecule has 5 heteroatoms. The minimum Gasteiger partial charge on any atom is -0.478 e. The van der Waals surface area contributed by atoms with Gasteiger partial charge in [0.2, 0.25) is 0 Å². The van der Waals surface area contributed by atoms with E-state index in [2.05, 4.69) is 21.7 Å². The number of carboxylic acid groups (broad SMARTS) is 1. The highest BCUT2D eigenvalue weighted by Crippen LogP contribution is 2.29. The molecular formula is C14H15N3O2. The minimum absolute atomic E-state index is 0.276. The van der Waals surface area contributed by atoms with Gasteiger partial charge in [0.15, 0.2) is 5.82 Å². The van der Waals surface area contributed by atoms with E-state index in [1.165, 1.54) is 0 Å². The van der Waals surface area contributed by atoms with Gasteiger partial charge in [-0.1, -0.05) is 12.1 Å². The van der Waals surface area contributed by atoms with Crippen LogP contribution < -0.4 is 0 Å².